The highest BCUT2D eigenvalue weighted by molar-refractivity contribution is 5.71. The van der Waals surface area contributed by atoms with Crippen molar-refractivity contribution in [2.24, 2.45) is 5.92 Å². The summed E-state index contributed by atoms with van der Waals surface area (Å²) in [6.45, 7) is 2.11. The fourth-order valence-corrected chi connectivity index (χ4v) is 5.21. The van der Waals surface area contributed by atoms with Gasteiger partial charge >= 0.3 is 6.11 Å². The van der Waals surface area contributed by atoms with Crippen LogP contribution in [0.4, 0.5) is 30.7 Å². The van der Waals surface area contributed by atoms with Crippen LogP contribution in [0, 0.1) is 35.0 Å². The first kappa shape index (κ1) is 27.7. The molecule has 0 N–H and O–H groups in total. The predicted octanol–water partition coefficient (Wildman–Crippen LogP) is 10.1. The van der Waals surface area contributed by atoms with Crippen molar-refractivity contribution >= 4 is 0 Å². The number of halogens is 7. The van der Waals surface area contributed by atoms with E-state index in [1.807, 2.05) is 0 Å². The van der Waals surface area contributed by atoms with Crippen molar-refractivity contribution in [3.8, 4) is 28.0 Å². The molecule has 4 aromatic carbocycles. The van der Waals surface area contributed by atoms with E-state index in [0.717, 1.165) is 49.9 Å². The van der Waals surface area contributed by atoms with E-state index in [2.05, 4.69) is 6.92 Å². The molecule has 1 aliphatic rings. The molecule has 0 aromatic heterocycles. The Morgan fingerprint density at radius 3 is 1.77 bits per heavy atom. The highest BCUT2D eigenvalue weighted by Crippen LogP contribution is 2.40. The summed E-state index contributed by atoms with van der Waals surface area (Å²) in [7, 11) is 0. The quantitative estimate of drug-likeness (QED) is 0.214. The Labute approximate surface area is 227 Å². The molecular formula is C32H25F7O. The molecule has 0 aliphatic heterocycles. The summed E-state index contributed by atoms with van der Waals surface area (Å²) in [5.74, 6) is -5.50. The van der Waals surface area contributed by atoms with Gasteiger partial charge in [-0.3, -0.25) is 0 Å². The summed E-state index contributed by atoms with van der Waals surface area (Å²) in [5.41, 5.74) is -0.0695. The van der Waals surface area contributed by atoms with E-state index < -0.39 is 40.8 Å². The fraction of sp³-hybridized carbons (Fsp3) is 0.250. The van der Waals surface area contributed by atoms with Crippen LogP contribution in [-0.4, -0.2) is 0 Å². The van der Waals surface area contributed by atoms with E-state index in [1.165, 1.54) is 48.5 Å². The molecular weight excluding hydrogens is 533 g/mol. The third-order valence-corrected chi connectivity index (χ3v) is 7.48. The molecule has 4 aromatic rings. The maximum atomic E-state index is 14.9. The summed E-state index contributed by atoms with van der Waals surface area (Å²) in [5, 5.41) is 0. The number of rotatable bonds is 6. The molecule has 0 radical (unpaired) electrons. The number of alkyl halides is 2. The third-order valence-electron chi connectivity index (χ3n) is 7.48. The Morgan fingerprint density at radius 1 is 0.600 bits per heavy atom. The van der Waals surface area contributed by atoms with Crippen molar-refractivity contribution in [1.82, 2.24) is 0 Å². The molecule has 1 aliphatic carbocycles. The highest BCUT2D eigenvalue weighted by atomic mass is 19.3. The smallest absolute Gasteiger partial charge is 0.429 e. The molecule has 1 fully saturated rings. The minimum Gasteiger partial charge on any atom is -0.429 e. The maximum absolute atomic E-state index is 14.9. The van der Waals surface area contributed by atoms with Gasteiger partial charge in [-0.1, -0.05) is 50.1 Å². The van der Waals surface area contributed by atoms with Gasteiger partial charge in [0, 0.05) is 5.56 Å². The molecule has 0 spiro atoms. The number of hydrogen-bond acceptors (Lipinski definition) is 1. The number of hydrogen-bond donors (Lipinski definition) is 0. The Bertz CT molecular complexity index is 1500. The fourth-order valence-electron chi connectivity index (χ4n) is 5.21. The van der Waals surface area contributed by atoms with Crippen LogP contribution in [0.15, 0.2) is 72.8 Å². The van der Waals surface area contributed by atoms with Gasteiger partial charge in [-0.15, -0.1) is 0 Å². The Kier molecular flexibility index (Phi) is 7.62. The molecule has 0 unspecified atom stereocenters. The zero-order valence-electron chi connectivity index (χ0n) is 21.5. The van der Waals surface area contributed by atoms with E-state index >= 15 is 0 Å². The lowest BCUT2D eigenvalue weighted by Gasteiger charge is -2.27. The Morgan fingerprint density at radius 2 is 1.18 bits per heavy atom. The van der Waals surface area contributed by atoms with Crippen LogP contribution in [0.5, 0.6) is 5.75 Å². The number of benzene rings is 4. The predicted molar refractivity (Wildman–Crippen MR) is 138 cm³/mol. The van der Waals surface area contributed by atoms with Gasteiger partial charge in [0.25, 0.3) is 0 Å². The normalized spacial score (nSPS) is 17.6. The molecule has 5 rings (SSSR count). The van der Waals surface area contributed by atoms with Crippen molar-refractivity contribution in [3.63, 3.8) is 0 Å². The van der Waals surface area contributed by atoms with E-state index in [9.17, 15) is 30.7 Å². The minimum atomic E-state index is -4.28. The van der Waals surface area contributed by atoms with Crippen molar-refractivity contribution < 1.29 is 35.5 Å². The van der Waals surface area contributed by atoms with E-state index in [4.69, 9.17) is 4.74 Å². The zero-order valence-corrected chi connectivity index (χ0v) is 21.5. The van der Waals surface area contributed by atoms with Crippen molar-refractivity contribution in [2.75, 3.05) is 0 Å². The average molecular weight is 559 g/mol. The monoisotopic (exact) mass is 558 g/mol. The van der Waals surface area contributed by atoms with Crippen LogP contribution >= 0.6 is 0 Å². The molecule has 40 heavy (non-hydrogen) atoms. The highest BCUT2D eigenvalue weighted by Gasteiger charge is 2.41. The van der Waals surface area contributed by atoms with E-state index in [1.54, 1.807) is 0 Å². The largest absolute Gasteiger partial charge is 0.432 e. The Hall–Kier alpha value is -3.81. The van der Waals surface area contributed by atoms with Gasteiger partial charge in [-0.2, -0.15) is 8.78 Å². The van der Waals surface area contributed by atoms with Crippen LogP contribution in [0.3, 0.4) is 0 Å². The minimum absolute atomic E-state index is 0.0513. The average Bonchev–Trinajstić information content (AvgIpc) is 2.90. The summed E-state index contributed by atoms with van der Waals surface area (Å²) in [4.78, 5) is 0. The Balaban J connectivity index is 1.33. The van der Waals surface area contributed by atoms with Gasteiger partial charge in [-0.05, 0) is 89.4 Å². The molecule has 0 heterocycles. The second-order valence-corrected chi connectivity index (χ2v) is 10.3. The number of ether oxygens (including phenoxy) is 1. The second-order valence-electron chi connectivity index (χ2n) is 10.3. The van der Waals surface area contributed by atoms with Crippen LogP contribution in [0.2, 0.25) is 0 Å². The standard InChI is InChI=1S/C32H25F7O/c1-18-2-4-20(5-3-18)23-16-29(36)31(30(37)17-23)32(38,39)40-24-10-6-19(7-11-24)21-8-12-25(27(34)14-21)22-9-13-26(33)28(35)15-22/h6-18,20H,2-5H2,1H3. The van der Waals surface area contributed by atoms with Gasteiger partial charge in [0.2, 0.25) is 0 Å². The first-order valence-electron chi connectivity index (χ1n) is 12.9. The topological polar surface area (TPSA) is 9.23 Å². The molecule has 1 saturated carbocycles. The lowest BCUT2D eigenvalue weighted by atomic mass is 9.79. The molecule has 8 heteroatoms. The van der Waals surface area contributed by atoms with E-state index in [0.29, 0.717) is 22.6 Å². The van der Waals surface area contributed by atoms with Gasteiger partial charge in [0.15, 0.2) is 11.6 Å². The third kappa shape index (κ3) is 5.71. The zero-order chi connectivity index (χ0) is 28.6. The lowest BCUT2D eigenvalue weighted by molar-refractivity contribution is -0.189. The molecule has 0 amide bonds. The molecule has 0 atom stereocenters. The summed E-state index contributed by atoms with van der Waals surface area (Å²) < 4.78 is 106. The van der Waals surface area contributed by atoms with Crippen LogP contribution in [0.25, 0.3) is 22.3 Å². The van der Waals surface area contributed by atoms with Crippen LogP contribution in [-0.2, 0) is 6.11 Å². The van der Waals surface area contributed by atoms with Crippen molar-refractivity contribution in [1.29, 1.82) is 0 Å². The first-order valence-corrected chi connectivity index (χ1v) is 12.9. The van der Waals surface area contributed by atoms with Gasteiger partial charge in [-0.25, -0.2) is 22.0 Å². The lowest BCUT2D eigenvalue weighted by Crippen LogP contribution is -2.25. The van der Waals surface area contributed by atoms with Crippen LogP contribution < -0.4 is 4.74 Å². The van der Waals surface area contributed by atoms with Crippen molar-refractivity contribution in [2.45, 2.75) is 44.6 Å². The molecule has 1 nitrogen and oxygen atoms in total. The summed E-state index contributed by atoms with van der Waals surface area (Å²) in [6.07, 6.45) is -0.967. The SMILES string of the molecule is CC1CCC(c2cc(F)c(C(F)(F)Oc3ccc(-c4ccc(-c5ccc(F)c(F)c5)c(F)c4)cc3)c(F)c2)CC1. The van der Waals surface area contributed by atoms with E-state index in [-0.39, 0.29) is 22.8 Å². The van der Waals surface area contributed by atoms with Gasteiger partial charge in [0.05, 0.1) is 0 Å². The van der Waals surface area contributed by atoms with Gasteiger partial charge < -0.3 is 4.74 Å². The van der Waals surface area contributed by atoms with Gasteiger partial charge in [0.1, 0.15) is 28.8 Å². The molecule has 0 bridgehead atoms. The maximum Gasteiger partial charge on any atom is 0.432 e. The van der Waals surface area contributed by atoms with Crippen molar-refractivity contribution in [3.05, 3.63) is 113 Å². The summed E-state index contributed by atoms with van der Waals surface area (Å²) >= 11 is 0. The molecule has 0 saturated heterocycles. The summed E-state index contributed by atoms with van der Waals surface area (Å²) in [6, 6.07) is 14.2. The van der Waals surface area contributed by atoms with Crippen LogP contribution in [0.1, 0.15) is 49.7 Å². The second kappa shape index (κ2) is 11.0. The first-order chi connectivity index (χ1) is 19.0. The molecule has 208 valence electrons.